The Morgan fingerprint density at radius 2 is 2.05 bits per heavy atom. The molecule has 4 nitrogen and oxygen atoms in total. The van der Waals surface area contributed by atoms with Gasteiger partial charge < -0.3 is 10.0 Å². The molecule has 1 aliphatic heterocycles. The molecule has 0 spiro atoms. The maximum Gasteiger partial charge on any atom is 0.339 e. The van der Waals surface area contributed by atoms with Crippen molar-refractivity contribution in [2.75, 3.05) is 11.4 Å². The predicted molar refractivity (Wildman–Crippen MR) is 78.3 cm³/mol. The first-order chi connectivity index (χ1) is 9.66. The molecule has 0 bridgehead atoms. The van der Waals surface area contributed by atoms with Crippen LogP contribution in [0.25, 0.3) is 0 Å². The second-order valence-corrected chi connectivity index (χ2v) is 6.10. The maximum absolute atomic E-state index is 11.5. The summed E-state index contributed by atoms with van der Waals surface area (Å²) >= 11 is 0. The van der Waals surface area contributed by atoms with E-state index < -0.39 is 5.97 Å². The molecule has 0 radical (unpaired) electrons. The summed E-state index contributed by atoms with van der Waals surface area (Å²) in [5.41, 5.74) is 2.12. The fourth-order valence-corrected chi connectivity index (χ4v) is 3.87. The number of anilines is 1. The molecule has 1 aromatic rings. The Hall–Kier alpha value is -1.58. The molecule has 108 valence electrons. The summed E-state index contributed by atoms with van der Waals surface area (Å²) in [6.45, 7) is 2.91. The number of carboxylic acids is 1. The summed E-state index contributed by atoms with van der Waals surface area (Å²) in [6, 6.07) is 2.47. The number of aromatic nitrogens is 1. The molecule has 2 fully saturated rings. The minimum absolute atomic E-state index is 0.349. The fraction of sp³-hybridized carbons (Fsp3) is 0.625. The Morgan fingerprint density at radius 3 is 2.85 bits per heavy atom. The molecule has 2 aliphatic rings. The van der Waals surface area contributed by atoms with Gasteiger partial charge in [0.25, 0.3) is 0 Å². The number of fused-ring (bicyclic) bond motifs is 1. The summed E-state index contributed by atoms with van der Waals surface area (Å²) in [6.07, 6.45) is 9.08. The number of aryl methyl sites for hydroxylation is 1. The summed E-state index contributed by atoms with van der Waals surface area (Å²) in [5, 5.41) is 9.42. The summed E-state index contributed by atoms with van der Waals surface area (Å²) in [5.74, 6) is -0.127. The number of pyridine rings is 1. The van der Waals surface area contributed by atoms with Crippen molar-refractivity contribution in [2.24, 2.45) is 5.92 Å². The highest BCUT2D eigenvalue weighted by Crippen LogP contribution is 2.38. The Balaban J connectivity index is 1.98. The first kappa shape index (κ1) is 13.4. The topological polar surface area (TPSA) is 53.4 Å². The smallest absolute Gasteiger partial charge is 0.339 e. The molecule has 1 N–H and O–H groups in total. The van der Waals surface area contributed by atoms with E-state index in [2.05, 4.69) is 9.88 Å². The minimum atomic E-state index is -0.870. The van der Waals surface area contributed by atoms with E-state index in [9.17, 15) is 9.90 Å². The molecular formula is C16H22N2O2. The average molecular weight is 274 g/mol. The molecule has 1 aromatic heterocycles. The molecule has 20 heavy (non-hydrogen) atoms. The van der Waals surface area contributed by atoms with Crippen molar-refractivity contribution in [2.45, 2.75) is 51.5 Å². The zero-order chi connectivity index (χ0) is 14.1. The summed E-state index contributed by atoms with van der Waals surface area (Å²) in [7, 11) is 0. The Kier molecular flexibility index (Phi) is 3.64. The highest BCUT2D eigenvalue weighted by Gasteiger charge is 2.34. The lowest BCUT2D eigenvalue weighted by Crippen LogP contribution is -2.47. The molecule has 4 heteroatoms. The van der Waals surface area contributed by atoms with Crippen molar-refractivity contribution in [1.82, 2.24) is 4.98 Å². The van der Waals surface area contributed by atoms with Crippen LogP contribution in [0.5, 0.6) is 0 Å². The highest BCUT2D eigenvalue weighted by atomic mass is 16.4. The average Bonchev–Trinajstić information content (AvgIpc) is 2.46. The van der Waals surface area contributed by atoms with Crippen molar-refractivity contribution >= 4 is 11.7 Å². The molecule has 0 aromatic carbocycles. The number of hydrogen-bond acceptors (Lipinski definition) is 3. The zero-order valence-electron chi connectivity index (χ0n) is 12.0. The number of piperidine rings is 1. The Morgan fingerprint density at radius 1 is 1.30 bits per heavy atom. The first-order valence-electron chi connectivity index (χ1n) is 7.63. The van der Waals surface area contributed by atoms with Crippen LogP contribution in [0.3, 0.4) is 0 Å². The van der Waals surface area contributed by atoms with Gasteiger partial charge in [-0.2, -0.15) is 0 Å². The van der Waals surface area contributed by atoms with Gasteiger partial charge in [0.2, 0.25) is 0 Å². The highest BCUT2D eigenvalue weighted by molar-refractivity contribution is 5.94. The van der Waals surface area contributed by atoms with E-state index in [-0.39, 0.29) is 0 Å². The van der Waals surface area contributed by atoms with Crippen LogP contribution in [-0.2, 0) is 0 Å². The molecule has 3 rings (SSSR count). The maximum atomic E-state index is 11.5. The molecule has 1 saturated carbocycles. The van der Waals surface area contributed by atoms with Crippen molar-refractivity contribution in [3.63, 3.8) is 0 Å². The molecule has 2 heterocycles. The molecule has 2 unspecified atom stereocenters. The first-order valence-corrected chi connectivity index (χ1v) is 7.63. The number of rotatable bonds is 2. The van der Waals surface area contributed by atoms with Gasteiger partial charge in [-0.3, -0.25) is 4.98 Å². The molecule has 1 aliphatic carbocycles. The van der Waals surface area contributed by atoms with E-state index in [0.29, 0.717) is 11.6 Å². The van der Waals surface area contributed by atoms with Crippen LogP contribution in [0.15, 0.2) is 12.3 Å². The standard InChI is InChI=1S/C16H22N2O2/c1-11-9-15(13(10-17-11)16(19)20)18-8-4-6-12-5-2-3-7-14(12)18/h9-10,12,14H,2-8H2,1H3,(H,19,20). The lowest BCUT2D eigenvalue weighted by molar-refractivity contribution is 0.0696. The monoisotopic (exact) mass is 274 g/mol. The number of carbonyl (C=O) groups is 1. The van der Waals surface area contributed by atoms with E-state index in [0.717, 1.165) is 23.8 Å². The molecule has 1 saturated heterocycles. The number of nitrogens with zero attached hydrogens (tertiary/aromatic N) is 2. The largest absolute Gasteiger partial charge is 0.478 e. The SMILES string of the molecule is Cc1cc(N2CCCC3CCCCC32)c(C(=O)O)cn1. The summed E-state index contributed by atoms with van der Waals surface area (Å²) < 4.78 is 0. The second kappa shape index (κ2) is 5.43. The van der Waals surface area contributed by atoms with Gasteiger partial charge in [0.15, 0.2) is 0 Å². The van der Waals surface area contributed by atoms with Gasteiger partial charge in [-0.1, -0.05) is 12.8 Å². The van der Waals surface area contributed by atoms with Gasteiger partial charge >= 0.3 is 5.97 Å². The number of carboxylic acid groups (broad SMARTS) is 1. The fourth-order valence-electron chi connectivity index (χ4n) is 3.87. The minimum Gasteiger partial charge on any atom is -0.478 e. The predicted octanol–water partition coefficient (Wildman–Crippen LogP) is 3.25. The van der Waals surface area contributed by atoms with E-state index in [1.807, 2.05) is 13.0 Å². The second-order valence-electron chi connectivity index (χ2n) is 6.10. The van der Waals surface area contributed by atoms with Crippen LogP contribution in [0.2, 0.25) is 0 Å². The van der Waals surface area contributed by atoms with Crippen LogP contribution in [0.1, 0.15) is 54.6 Å². The van der Waals surface area contributed by atoms with Crippen LogP contribution < -0.4 is 4.90 Å². The lowest BCUT2D eigenvalue weighted by Gasteiger charge is -2.45. The van der Waals surface area contributed by atoms with Crippen LogP contribution in [-0.4, -0.2) is 28.6 Å². The van der Waals surface area contributed by atoms with Gasteiger partial charge in [0.1, 0.15) is 5.56 Å². The van der Waals surface area contributed by atoms with E-state index in [1.54, 1.807) is 0 Å². The molecule has 0 amide bonds. The van der Waals surface area contributed by atoms with E-state index >= 15 is 0 Å². The van der Waals surface area contributed by atoms with Crippen molar-refractivity contribution in [1.29, 1.82) is 0 Å². The summed E-state index contributed by atoms with van der Waals surface area (Å²) in [4.78, 5) is 18.0. The zero-order valence-corrected chi connectivity index (χ0v) is 12.0. The van der Waals surface area contributed by atoms with Gasteiger partial charge in [-0.25, -0.2) is 4.79 Å². The normalized spacial score (nSPS) is 26.1. The Bertz CT molecular complexity index is 513. The van der Waals surface area contributed by atoms with Gasteiger partial charge in [0, 0.05) is 24.5 Å². The number of aromatic carboxylic acids is 1. The lowest BCUT2D eigenvalue weighted by atomic mass is 9.78. The Labute approximate surface area is 119 Å². The van der Waals surface area contributed by atoms with Crippen molar-refractivity contribution in [3.05, 3.63) is 23.5 Å². The van der Waals surface area contributed by atoms with Gasteiger partial charge in [-0.15, -0.1) is 0 Å². The third-order valence-corrected chi connectivity index (χ3v) is 4.80. The van der Waals surface area contributed by atoms with E-state index in [1.165, 1.54) is 44.7 Å². The van der Waals surface area contributed by atoms with E-state index in [4.69, 9.17) is 0 Å². The van der Waals surface area contributed by atoms with Crippen molar-refractivity contribution < 1.29 is 9.90 Å². The van der Waals surface area contributed by atoms with Crippen LogP contribution in [0.4, 0.5) is 5.69 Å². The van der Waals surface area contributed by atoms with Crippen molar-refractivity contribution in [3.8, 4) is 0 Å². The third-order valence-electron chi connectivity index (χ3n) is 4.80. The van der Waals surface area contributed by atoms with Crippen LogP contribution in [0, 0.1) is 12.8 Å². The molecular weight excluding hydrogens is 252 g/mol. The molecule has 2 atom stereocenters. The van der Waals surface area contributed by atoms with Gasteiger partial charge in [-0.05, 0) is 44.6 Å². The van der Waals surface area contributed by atoms with Gasteiger partial charge in [0.05, 0.1) is 5.69 Å². The number of hydrogen-bond donors (Lipinski definition) is 1. The third kappa shape index (κ3) is 2.39. The quantitative estimate of drug-likeness (QED) is 0.899. The van der Waals surface area contributed by atoms with Crippen LogP contribution >= 0.6 is 0 Å².